The van der Waals surface area contributed by atoms with E-state index in [1.807, 2.05) is 12.1 Å². The highest BCUT2D eigenvalue weighted by atomic mass is 35.5. The number of esters is 1. The van der Waals surface area contributed by atoms with E-state index in [0.717, 1.165) is 37.4 Å². The molecule has 0 radical (unpaired) electrons. The number of nitrogens with one attached hydrogen (secondary N) is 1. The molecule has 0 unspecified atom stereocenters. The van der Waals surface area contributed by atoms with Crippen molar-refractivity contribution in [3.63, 3.8) is 0 Å². The van der Waals surface area contributed by atoms with E-state index in [9.17, 15) is 9.59 Å². The number of nitrogens with zero attached hydrogens (tertiary/aromatic N) is 3. The van der Waals surface area contributed by atoms with E-state index in [0.29, 0.717) is 23.7 Å². The summed E-state index contributed by atoms with van der Waals surface area (Å²) in [5, 5.41) is 3.37. The maximum Gasteiger partial charge on any atom is 0.338 e. The van der Waals surface area contributed by atoms with Gasteiger partial charge in [0, 0.05) is 50.9 Å². The number of benzene rings is 1. The van der Waals surface area contributed by atoms with Gasteiger partial charge in [0.05, 0.1) is 10.6 Å². The molecule has 2 fully saturated rings. The molecule has 4 rings (SSSR count). The maximum absolute atomic E-state index is 12.4. The topological polar surface area (TPSA) is 74.8 Å². The maximum atomic E-state index is 12.4. The number of hydrogen-bond donors (Lipinski definition) is 1. The van der Waals surface area contributed by atoms with Crippen LogP contribution in [0, 0.1) is 0 Å². The first-order chi connectivity index (χ1) is 13.6. The van der Waals surface area contributed by atoms with Crippen LogP contribution >= 0.6 is 11.6 Å². The first-order valence-electron chi connectivity index (χ1n) is 9.33. The molecule has 0 spiro atoms. The largest absolute Gasteiger partial charge is 0.459 e. The van der Waals surface area contributed by atoms with Gasteiger partial charge >= 0.3 is 12.0 Å². The summed E-state index contributed by atoms with van der Waals surface area (Å²) in [6.07, 6.45) is 3.03. The Morgan fingerprint density at radius 1 is 1.11 bits per heavy atom. The van der Waals surface area contributed by atoms with E-state index in [-0.39, 0.29) is 18.1 Å². The quantitative estimate of drug-likeness (QED) is 0.798. The molecule has 2 saturated heterocycles. The third-order valence-electron chi connectivity index (χ3n) is 5.02. The first kappa shape index (κ1) is 18.6. The minimum absolute atomic E-state index is 0.111. The number of anilines is 2. The Morgan fingerprint density at radius 3 is 2.46 bits per heavy atom. The van der Waals surface area contributed by atoms with Gasteiger partial charge in [0.1, 0.15) is 11.9 Å². The molecular weight excluding hydrogens is 380 g/mol. The van der Waals surface area contributed by atoms with Gasteiger partial charge in [-0.1, -0.05) is 11.6 Å². The van der Waals surface area contributed by atoms with Gasteiger partial charge in [-0.15, -0.1) is 0 Å². The minimum Gasteiger partial charge on any atom is -0.459 e. The third kappa shape index (κ3) is 4.04. The van der Waals surface area contributed by atoms with Gasteiger partial charge in [0.15, 0.2) is 0 Å². The number of halogens is 1. The fourth-order valence-electron chi connectivity index (χ4n) is 3.47. The molecule has 0 aliphatic carbocycles. The van der Waals surface area contributed by atoms with Gasteiger partial charge in [0.2, 0.25) is 0 Å². The summed E-state index contributed by atoms with van der Waals surface area (Å²) in [5.74, 6) is 0.552. The molecule has 2 aliphatic rings. The highest BCUT2D eigenvalue weighted by molar-refractivity contribution is 6.30. The molecule has 146 valence electrons. The lowest BCUT2D eigenvalue weighted by molar-refractivity contribution is 0.0245. The average Bonchev–Trinajstić information content (AvgIpc) is 3.15. The number of amides is 2. The van der Waals surface area contributed by atoms with Gasteiger partial charge in [-0.3, -0.25) is 4.90 Å². The van der Waals surface area contributed by atoms with Gasteiger partial charge < -0.3 is 15.0 Å². The molecule has 2 amide bonds. The molecule has 2 aliphatic heterocycles. The van der Waals surface area contributed by atoms with E-state index < -0.39 is 0 Å². The molecule has 0 saturated carbocycles. The summed E-state index contributed by atoms with van der Waals surface area (Å²) in [7, 11) is 0. The van der Waals surface area contributed by atoms with E-state index in [1.54, 1.807) is 35.4 Å². The van der Waals surface area contributed by atoms with Gasteiger partial charge in [0.25, 0.3) is 0 Å². The van der Waals surface area contributed by atoms with Crippen molar-refractivity contribution in [1.29, 1.82) is 0 Å². The molecule has 3 heterocycles. The number of carbonyl (C=O) groups excluding carboxylic acids is 2. The number of pyridine rings is 1. The fraction of sp³-hybridized carbons (Fsp3) is 0.350. The van der Waals surface area contributed by atoms with Crippen LogP contribution in [0.3, 0.4) is 0 Å². The summed E-state index contributed by atoms with van der Waals surface area (Å²) < 4.78 is 5.67. The molecular formula is C20H21ClN4O3. The van der Waals surface area contributed by atoms with Crippen LogP contribution in [-0.4, -0.2) is 49.3 Å². The number of urea groups is 1. The monoisotopic (exact) mass is 400 g/mol. The van der Waals surface area contributed by atoms with Gasteiger partial charge in [-0.05, 0) is 36.4 Å². The minimum atomic E-state index is -0.333. The van der Waals surface area contributed by atoms with Crippen LogP contribution in [0.5, 0.6) is 0 Å². The van der Waals surface area contributed by atoms with Crippen molar-refractivity contribution in [2.24, 2.45) is 0 Å². The standard InChI is InChI=1S/C20H21ClN4O3/c21-15-3-6-18(23-13-15)24-10-7-17(8-11-24)28-19(26)14-1-4-16(5-2-14)25-12-9-22-20(25)27/h1-6,13,17H,7-12H2,(H,22,27). The Kier molecular flexibility index (Phi) is 5.34. The van der Waals surface area contributed by atoms with E-state index in [2.05, 4.69) is 15.2 Å². The van der Waals surface area contributed by atoms with Crippen molar-refractivity contribution in [2.75, 3.05) is 36.0 Å². The molecule has 7 nitrogen and oxygen atoms in total. The van der Waals surface area contributed by atoms with Crippen molar-refractivity contribution in [3.05, 3.63) is 53.2 Å². The van der Waals surface area contributed by atoms with Crippen molar-refractivity contribution in [2.45, 2.75) is 18.9 Å². The second kappa shape index (κ2) is 8.06. The Morgan fingerprint density at radius 2 is 1.86 bits per heavy atom. The zero-order valence-electron chi connectivity index (χ0n) is 15.3. The van der Waals surface area contributed by atoms with Crippen LogP contribution in [0.15, 0.2) is 42.6 Å². The van der Waals surface area contributed by atoms with E-state index >= 15 is 0 Å². The van der Waals surface area contributed by atoms with E-state index in [4.69, 9.17) is 16.3 Å². The fourth-order valence-corrected chi connectivity index (χ4v) is 3.58. The van der Waals surface area contributed by atoms with Crippen LogP contribution in [0.25, 0.3) is 0 Å². The molecule has 1 N–H and O–H groups in total. The lowest BCUT2D eigenvalue weighted by atomic mass is 10.1. The summed E-state index contributed by atoms with van der Waals surface area (Å²) in [5.41, 5.74) is 1.26. The number of aromatic nitrogens is 1. The Balaban J connectivity index is 1.30. The van der Waals surface area contributed by atoms with Crippen LogP contribution in [0.2, 0.25) is 5.02 Å². The SMILES string of the molecule is O=C(OC1CCN(c2ccc(Cl)cn2)CC1)c1ccc(N2CCNC2=O)cc1. The first-order valence-corrected chi connectivity index (χ1v) is 9.71. The highest BCUT2D eigenvalue weighted by Gasteiger charge is 2.24. The summed E-state index contributed by atoms with van der Waals surface area (Å²) >= 11 is 5.88. The van der Waals surface area contributed by atoms with Crippen molar-refractivity contribution in [3.8, 4) is 0 Å². The smallest absolute Gasteiger partial charge is 0.338 e. The zero-order valence-corrected chi connectivity index (χ0v) is 16.1. The number of ether oxygens (including phenoxy) is 1. The lowest BCUT2D eigenvalue weighted by Gasteiger charge is -2.32. The number of hydrogen-bond acceptors (Lipinski definition) is 5. The normalized spacial score (nSPS) is 17.5. The molecule has 2 aromatic rings. The highest BCUT2D eigenvalue weighted by Crippen LogP contribution is 2.22. The van der Waals surface area contributed by atoms with Crippen LogP contribution in [0.1, 0.15) is 23.2 Å². The Hall–Kier alpha value is -2.80. The summed E-state index contributed by atoms with van der Waals surface area (Å²) in [6.45, 7) is 2.81. The molecule has 28 heavy (non-hydrogen) atoms. The number of carbonyl (C=O) groups is 2. The Labute approximate surface area is 168 Å². The average molecular weight is 401 g/mol. The predicted molar refractivity (Wildman–Crippen MR) is 107 cm³/mol. The zero-order chi connectivity index (χ0) is 19.5. The molecule has 1 aromatic carbocycles. The summed E-state index contributed by atoms with van der Waals surface area (Å²) in [4.78, 5) is 32.3. The number of rotatable bonds is 4. The van der Waals surface area contributed by atoms with Crippen molar-refractivity contribution >= 4 is 35.1 Å². The second-order valence-corrected chi connectivity index (χ2v) is 7.29. The van der Waals surface area contributed by atoms with E-state index in [1.165, 1.54) is 0 Å². The van der Waals surface area contributed by atoms with Gasteiger partial charge in [-0.25, -0.2) is 14.6 Å². The molecule has 0 atom stereocenters. The molecule has 1 aromatic heterocycles. The van der Waals surface area contributed by atoms with Crippen LogP contribution in [0.4, 0.5) is 16.3 Å². The molecule has 8 heteroatoms. The molecule has 0 bridgehead atoms. The lowest BCUT2D eigenvalue weighted by Crippen LogP contribution is -2.38. The predicted octanol–water partition coefficient (Wildman–Crippen LogP) is 3.09. The number of piperidine rings is 1. The Bertz CT molecular complexity index is 849. The van der Waals surface area contributed by atoms with Gasteiger partial charge in [-0.2, -0.15) is 0 Å². The van der Waals surface area contributed by atoms with Crippen molar-refractivity contribution in [1.82, 2.24) is 10.3 Å². The van der Waals surface area contributed by atoms with Crippen LogP contribution < -0.4 is 15.1 Å². The third-order valence-corrected chi connectivity index (χ3v) is 5.25. The van der Waals surface area contributed by atoms with Crippen LogP contribution in [-0.2, 0) is 4.74 Å². The summed E-state index contributed by atoms with van der Waals surface area (Å²) in [6, 6.07) is 10.6. The second-order valence-electron chi connectivity index (χ2n) is 6.86. The van der Waals surface area contributed by atoms with Crippen molar-refractivity contribution < 1.29 is 14.3 Å².